The molecule has 112 valence electrons. The molecule has 2 fully saturated rings. The second kappa shape index (κ2) is 5.13. The lowest BCUT2D eigenvalue weighted by Crippen LogP contribution is -2.70. The molecule has 2 unspecified atom stereocenters. The van der Waals surface area contributed by atoms with Crippen molar-refractivity contribution in [2.45, 2.75) is 25.3 Å². The van der Waals surface area contributed by atoms with Crippen LogP contribution in [0.15, 0.2) is 30.3 Å². The number of carboxylic acids is 1. The Morgan fingerprint density at radius 2 is 1.95 bits per heavy atom. The number of ether oxygens (including phenoxy) is 2. The predicted molar refractivity (Wildman–Crippen MR) is 72.2 cm³/mol. The second-order valence-corrected chi connectivity index (χ2v) is 5.43. The first-order chi connectivity index (χ1) is 10.0. The highest BCUT2D eigenvalue weighted by molar-refractivity contribution is 5.97. The zero-order valence-electron chi connectivity index (χ0n) is 11.7. The zero-order chi connectivity index (χ0) is 15.0. The molecule has 0 spiro atoms. The number of aliphatic carboxylic acids is 1. The number of carboxylic acid groups (broad SMARTS) is 1. The van der Waals surface area contributed by atoms with E-state index in [4.69, 9.17) is 9.47 Å². The molecule has 3 rings (SSSR count). The van der Waals surface area contributed by atoms with E-state index < -0.39 is 23.7 Å². The number of carbonyl (C=O) groups is 2. The van der Waals surface area contributed by atoms with Crippen molar-refractivity contribution in [3.63, 3.8) is 0 Å². The molecule has 0 saturated carbocycles. The molecule has 1 aromatic rings. The molecule has 2 saturated heterocycles. The Balaban J connectivity index is 1.80. The Hall–Kier alpha value is -1.92. The summed E-state index contributed by atoms with van der Waals surface area (Å²) in [4.78, 5) is 25.3. The van der Waals surface area contributed by atoms with Crippen molar-refractivity contribution >= 4 is 11.9 Å². The molecule has 21 heavy (non-hydrogen) atoms. The van der Waals surface area contributed by atoms with Crippen LogP contribution in [0.1, 0.15) is 12.5 Å². The summed E-state index contributed by atoms with van der Waals surface area (Å²) in [5.41, 5.74) is 0.897. The van der Waals surface area contributed by atoms with E-state index in [0.29, 0.717) is 13.2 Å². The Morgan fingerprint density at radius 1 is 1.33 bits per heavy atom. The number of β-lactam (4-membered cyclic amide) rings is 1. The zero-order valence-corrected chi connectivity index (χ0v) is 11.7. The minimum atomic E-state index is -1.13. The van der Waals surface area contributed by atoms with Crippen molar-refractivity contribution in [1.82, 2.24) is 4.90 Å². The van der Waals surface area contributed by atoms with Gasteiger partial charge < -0.3 is 19.5 Å². The summed E-state index contributed by atoms with van der Waals surface area (Å²) in [5, 5.41) is 9.44. The number of nitrogens with zero attached hydrogens (tertiary/aromatic N) is 1. The summed E-state index contributed by atoms with van der Waals surface area (Å²) in [7, 11) is 0. The Morgan fingerprint density at radius 3 is 2.52 bits per heavy atom. The topological polar surface area (TPSA) is 76.1 Å². The van der Waals surface area contributed by atoms with Crippen LogP contribution in [-0.2, 0) is 25.6 Å². The van der Waals surface area contributed by atoms with E-state index >= 15 is 0 Å². The fourth-order valence-corrected chi connectivity index (χ4v) is 3.00. The first-order valence-electron chi connectivity index (χ1n) is 6.88. The predicted octanol–water partition coefficient (Wildman–Crippen LogP) is 0.861. The lowest BCUT2D eigenvalue weighted by Gasteiger charge is -2.49. The molecule has 1 N–H and O–H groups in total. The van der Waals surface area contributed by atoms with Gasteiger partial charge in [0.25, 0.3) is 0 Å². The maximum atomic E-state index is 12.4. The van der Waals surface area contributed by atoms with Crippen LogP contribution >= 0.6 is 0 Å². The van der Waals surface area contributed by atoms with Crippen LogP contribution in [-0.4, -0.2) is 46.9 Å². The van der Waals surface area contributed by atoms with Crippen molar-refractivity contribution in [2.75, 3.05) is 13.2 Å². The number of amides is 1. The number of likely N-dealkylation sites (tertiary alicyclic amines) is 1. The molecule has 2 heterocycles. The maximum Gasteiger partial charge on any atom is 0.327 e. The molecule has 1 amide bonds. The monoisotopic (exact) mass is 291 g/mol. The standard InChI is InChI=1S/C15H17NO5/c1-15(20-7-8-21-15)11-12(14(18)19)16(13(11)17)9-10-5-3-2-4-6-10/h2-6,11-12H,7-9H2,1H3,(H,18,19). The van der Waals surface area contributed by atoms with Crippen molar-refractivity contribution in [3.05, 3.63) is 35.9 Å². The van der Waals surface area contributed by atoms with E-state index in [2.05, 4.69) is 0 Å². The molecule has 2 aliphatic rings. The first kappa shape index (κ1) is 14.0. The summed E-state index contributed by atoms with van der Waals surface area (Å²) in [6.07, 6.45) is 0. The summed E-state index contributed by atoms with van der Waals surface area (Å²) in [5.74, 6) is -3.19. The van der Waals surface area contributed by atoms with Crippen LogP contribution in [0.3, 0.4) is 0 Å². The fraction of sp³-hybridized carbons (Fsp3) is 0.467. The van der Waals surface area contributed by atoms with Gasteiger partial charge in [-0.1, -0.05) is 30.3 Å². The molecule has 0 bridgehead atoms. The Bertz CT molecular complexity index is 552. The van der Waals surface area contributed by atoms with E-state index in [9.17, 15) is 14.7 Å². The fourth-order valence-electron chi connectivity index (χ4n) is 3.00. The summed E-state index contributed by atoms with van der Waals surface area (Å²) >= 11 is 0. The van der Waals surface area contributed by atoms with Gasteiger partial charge in [0.1, 0.15) is 12.0 Å². The largest absolute Gasteiger partial charge is 0.480 e. The molecule has 2 aliphatic heterocycles. The number of rotatable bonds is 4. The van der Waals surface area contributed by atoms with Gasteiger partial charge in [0.15, 0.2) is 5.79 Å². The van der Waals surface area contributed by atoms with Crippen LogP contribution in [0.25, 0.3) is 0 Å². The molecular weight excluding hydrogens is 274 g/mol. The van der Waals surface area contributed by atoms with Crippen LogP contribution in [0, 0.1) is 5.92 Å². The van der Waals surface area contributed by atoms with Gasteiger partial charge in [0, 0.05) is 6.54 Å². The summed E-state index contributed by atoms with van der Waals surface area (Å²) < 4.78 is 10.9. The van der Waals surface area contributed by atoms with Crippen LogP contribution in [0.2, 0.25) is 0 Å². The van der Waals surface area contributed by atoms with Gasteiger partial charge in [0.05, 0.1) is 13.2 Å². The van der Waals surface area contributed by atoms with E-state index in [1.807, 2.05) is 30.3 Å². The van der Waals surface area contributed by atoms with Gasteiger partial charge in [-0.2, -0.15) is 0 Å². The minimum Gasteiger partial charge on any atom is -0.480 e. The molecule has 0 aromatic heterocycles. The quantitative estimate of drug-likeness (QED) is 0.833. The number of carbonyl (C=O) groups excluding carboxylic acids is 1. The van der Waals surface area contributed by atoms with Gasteiger partial charge in [-0.25, -0.2) is 4.79 Å². The highest BCUT2D eigenvalue weighted by atomic mass is 16.7. The van der Waals surface area contributed by atoms with Crippen molar-refractivity contribution in [1.29, 1.82) is 0 Å². The van der Waals surface area contributed by atoms with E-state index in [1.54, 1.807) is 6.92 Å². The molecule has 6 heteroatoms. The molecule has 0 radical (unpaired) electrons. The summed E-state index contributed by atoms with van der Waals surface area (Å²) in [6, 6.07) is 8.41. The molecule has 0 aliphatic carbocycles. The highest BCUT2D eigenvalue weighted by Crippen LogP contribution is 2.41. The third-order valence-electron chi connectivity index (χ3n) is 4.07. The lowest BCUT2D eigenvalue weighted by molar-refractivity contribution is -0.232. The normalized spacial score (nSPS) is 27.5. The molecule has 1 aromatic carbocycles. The van der Waals surface area contributed by atoms with Crippen LogP contribution < -0.4 is 0 Å². The van der Waals surface area contributed by atoms with Gasteiger partial charge in [-0.05, 0) is 12.5 Å². The number of benzene rings is 1. The number of hydrogen-bond acceptors (Lipinski definition) is 4. The third-order valence-corrected chi connectivity index (χ3v) is 4.07. The van der Waals surface area contributed by atoms with Crippen molar-refractivity contribution in [2.24, 2.45) is 5.92 Å². The molecule has 2 atom stereocenters. The van der Waals surface area contributed by atoms with Gasteiger partial charge in [0.2, 0.25) is 5.91 Å². The third kappa shape index (κ3) is 2.30. The SMILES string of the molecule is CC1(C2C(=O)N(Cc3ccccc3)C2C(=O)O)OCCO1. The average molecular weight is 291 g/mol. The highest BCUT2D eigenvalue weighted by Gasteiger charge is 2.62. The van der Waals surface area contributed by atoms with Gasteiger partial charge in [-0.3, -0.25) is 4.79 Å². The van der Waals surface area contributed by atoms with Crippen molar-refractivity contribution < 1.29 is 24.2 Å². The van der Waals surface area contributed by atoms with Crippen molar-refractivity contribution in [3.8, 4) is 0 Å². The smallest absolute Gasteiger partial charge is 0.327 e. The molecule has 6 nitrogen and oxygen atoms in total. The summed E-state index contributed by atoms with van der Waals surface area (Å²) in [6.45, 7) is 2.68. The van der Waals surface area contributed by atoms with Gasteiger partial charge >= 0.3 is 5.97 Å². The minimum absolute atomic E-state index is 0.240. The lowest BCUT2D eigenvalue weighted by atomic mass is 9.80. The van der Waals surface area contributed by atoms with E-state index in [0.717, 1.165) is 5.56 Å². The van der Waals surface area contributed by atoms with E-state index in [1.165, 1.54) is 4.90 Å². The molecular formula is C15H17NO5. The van der Waals surface area contributed by atoms with Crippen LogP contribution in [0.5, 0.6) is 0 Å². The van der Waals surface area contributed by atoms with E-state index in [-0.39, 0.29) is 12.5 Å². The second-order valence-electron chi connectivity index (χ2n) is 5.43. The maximum absolute atomic E-state index is 12.4. The van der Waals surface area contributed by atoms with Gasteiger partial charge in [-0.15, -0.1) is 0 Å². The Labute approximate surface area is 122 Å². The van der Waals surface area contributed by atoms with Crippen LogP contribution in [0.4, 0.5) is 0 Å². The Kier molecular flexibility index (Phi) is 3.43. The first-order valence-corrected chi connectivity index (χ1v) is 6.88. The number of hydrogen-bond donors (Lipinski definition) is 1. The average Bonchev–Trinajstić information content (AvgIpc) is 2.89.